The molecule has 2 nitrogen and oxygen atoms in total. The highest BCUT2D eigenvalue weighted by atomic mass is 15.3. The fourth-order valence-electron chi connectivity index (χ4n) is 3.14. The zero-order valence-corrected chi connectivity index (χ0v) is 13.1. The summed E-state index contributed by atoms with van der Waals surface area (Å²) in [6.07, 6.45) is 0. The van der Waals surface area contributed by atoms with E-state index < -0.39 is 0 Å². The van der Waals surface area contributed by atoms with Crippen molar-refractivity contribution in [1.82, 2.24) is 9.80 Å². The van der Waals surface area contributed by atoms with Crippen molar-refractivity contribution in [3.05, 3.63) is 0 Å². The van der Waals surface area contributed by atoms with Crippen molar-refractivity contribution in [2.24, 2.45) is 5.41 Å². The lowest BCUT2D eigenvalue weighted by atomic mass is 9.82. The van der Waals surface area contributed by atoms with E-state index in [0.717, 1.165) is 0 Å². The van der Waals surface area contributed by atoms with Gasteiger partial charge in [-0.3, -0.25) is 9.80 Å². The maximum absolute atomic E-state index is 2.72. The number of nitrogens with zero attached hydrogens (tertiary/aromatic N) is 2. The minimum atomic E-state index is 0.353. The van der Waals surface area contributed by atoms with Crippen LogP contribution in [0.25, 0.3) is 0 Å². The van der Waals surface area contributed by atoms with Crippen LogP contribution in [0.4, 0.5) is 0 Å². The Kier molecular flexibility index (Phi) is 4.65. The maximum atomic E-state index is 2.72. The molecule has 1 heterocycles. The van der Waals surface area contributed by atoms with Crippen LogP contribution in [-0.4, -0.2) is 47.1 Å². The fourth-order valence-corrected chi connectivity index (χ4v) is 3.14. The van der Waals surface area contributed by atoms with Gasteiger partial charge >= 0.3 is 0 Å². The highest BCUT2D eigenvalue weighted by Gasteiger charge is 2.40. The predicted octanol–water partition coefficient (Wildman–Crippen LogP) is 3.22. The molecular formula is C15H32N2. The van der Waals surface area contributed by atoms with Crippen LogP contribution in [0.3, 0.4) is 0 Å². The third kappa shape index (κ3) is 3.45. The van der Waals surface area contributed by atoms with E-state index in [9.17, 15) is 0 Å². The van der Waals surface area contributed by atoms with Crippen molar-refractivity contribution in [2.75, 3.05) is 13.1 Å². The zero-order chi connectivity index (χ0) is 13.4. The summed E-state index contributed by atoms with van der Waals surface area (Å²) in [5.41, 5.74) is 0.353. The molecule has 2 heteroatoms. The number of piperazine rings is 1. The Hall–Kier alpha value is -0.0800. The minimum Gasteiger partial charge on any atom is -0.298 e. The summed E-state index contributed by atoms with van der Waals surface area (Å²) < 4.78 is 0. The molecule has 0 N–H and O–H groups in total. The van der Waals surface area contributed by atoms with Crippen LogP contribution in [0.1, 0.15) is 55.4 Å². The molecule has 0 radical (unpaired) electrons. The number of hydrogen-bond donors (Lipinski definition) is 0. The number of hydrogen-bond acceptors (Lipinski definition) is 2. The van der Waals surface area contributed by atoms with Crippen LogP contribution in [0.15, 0.2) is 0 Å². The van der Waals surface area contributed by atoms with E-state index in [1.807, 2.05) is 0 Å². The summed E-state index contributed by atoms with van der Waals surface area (Å²) in [7, 11) is 0. The standard InChI is InChI=1S/C15H32N2/c1-11(2)16-9-13(5)17(12(3)4)14(10-16)15(6,7)8/h11-14H,9-10H2,1-8H3/t13-,14+/m0/s1. The molecule has 0 aliphatic carbocycles. The Balaban J connectivity index is 2.92. The van der Waals surface area contributed by atoms with E-state index in [1.165, 1.54) is 13.1 Å². The smallest absolute Gasteiger partial charge is 0.0277 e. The first-order valence-electron chi connectivity index (χ1n) is 7.16. The SMILES string of the molecule is CC(C)N1C[C@H](C)N(C(C)C)[C@@H](C(C)(C)C)C1. The van der Waals surface area contributed by atoms with Crippen molar-refractivity contribution in [3.8, 4) is 0 Å². The summed E-state index contributed by atoms with van der Waals surface area (Å²) in [5.74, 6) is 0. The van der Waals surface area contributed by atoms with E-state index in [-0.39, 0.29) is 0 Å². The van der Waals surface area contributed by atoms with Crippen LogP contribution < -0.4 is 0 Å². The molecule has 0 saturated carbocycles. The zero-order valence-electron chi connectivity index (χ0n) is 13.1. The van der Waals surface area contributed by atoms with Crippen molar-refractivity contribution >= 4 is 0 Å². The first-order chi connectivity index (χ1) is 7.64. The Morgan fingerprint density at radius 1 is 0.941 bits per heavy atom. The van der Waals surface area contributed by atoms with Gasteiger partial charge in [0.15, 0.2) is 0 Å². The summed E-state index contributed by atoms with van der Waals surface area (Å²) in [5, 5.41) is 0. The molecule has 1 fully saturated rings. The van der Waals surface area contributed by atoms with Gasteiger partial charge in [-0.25, -0.2) is 0 Å². The van der Waals surface area contributed by atoms with Crippen LogP contribution in [0, 0.1) is 5.41 Å². The van der Waals surface area contributed by atoms with Crippen LogP contribution >= 0.6 is 0 Å². The van der Waals surface area contributed by atoms with Gasteiger partial charge in [-0.05, 0) is 40.0 Å². The first kappa shape index (κ1) is 15.0. The Bertz CT molecular complexity index is 240. The molecule has 1 aliphatic heterocycles. The van der Waals surface area contributed by atoms with Gasteiger partial charge in [0, 0.05) is 37.3 Å². The lowest BCUT2D eigenvalue weighted by molar-refractivity contribution is -0.0463. The molecule has 2 atom stereocenters. The second-order valence-corrected chi connectivity index (χ2v) is 7.32. The molecule has 0 amide bonds. The van der Waals surface area contributed by atoms with Gasteiger partial charge in [0.2, 0.25) is 0 Å². The van der Waals surface area contributed by atoms with E-state index in [2.05, 4.69) is 65.2 Å². The van der Waals surface area contributed by atoms with Crippen molar-refractivity contribution in [1.29, 1.82) is 0 Å². The number of rotatable bonds is 2. The van der Waals surface area contributed by atoms with Crippen molar-refractivity contribution in [2.45, 2.75) is 79.6 Å². The summed E-state index contributed by atoms with van der Waals surface area (Å²) in [6.45, 7) is 21.2. The van der Waals surface area contributed by atoms with Crippen molar-refractivity contribution < 1.29 is 0 Å². The molecule has 0 spiro atoms. The highest BCUT2D eigenvalue weighted by molar-refractivity contribution is 4.95. The lowest BCUT2D eigenvalue weighted by Gasteiger charge is -2.53. The van der Waals surface area contributed by atoms with E-state index >= 15 is 0 Å². The average Bonchev–Trinajstić information content (AvgIpc) is 2.14. The molecule has 0 aromatic rings. The third-order valence-corrected chi connectivity index (χ3v) is 4.10. The predicted molar refractivity (Wildman–Crippen MR) is 76.4 cm³/mol. The molecule has 0 unspecified atom stereocenters. The molecular weight excluding hydrogens is 208 g/mol. The largest absolute Gasteiger partial charge is 0.298 e. The molecule has 17 heavy (non-hydrogen) atoms. The fraction of sp³-hybridized carbons (Fsp3) is 1.00. The summed E-state index contributed by atoms with van der Waals surface area (Å²) in [6, 6.07) is 2.63. The highest BCUT2D eigenvalue weighted by Crippen LogP contribution is 2.32. The second-order valence-electron chi connectivity index (χ2n) is 7.32. The molecule has 102 valence electrons. The van der Waals surface area contributed by atoms with Crippen molar-refractivity contribution in [3.63, 3.8) is 0 Å². The Morgan fingerprint density at radius 2 is 1.47 bits per heavy atom. The van der Waals surface area contributed by atoms with Crippen LogP contribution in [-0.2, 0) is 0 Å². The van der Waals surface area contributed by atoms with Crippen LogP contribution in [0.2, 0.25) is 0 Å². The Morgan fingerprint density at radius 3 is 1.82 bits per heavy atom. The van der Waals surface area contributed by atoms with Gasteiger partial charge in [-0.15, -0.1) is 0 Å². The molecule has 1 saturated heterocycles. The van der Waals surface area contributed by atoms with Gasteiger partial charge in [0.1, 0.15) is 0 Å². The molecule has 0 bridgehead atoms. The monoisotopic (exact) mass is 240 g/mol. The summed E-state index contributed by atoms with van der Waals surface area (Å²) >= 11 is 0. The molecule has 1 aliphatic rings. The lowest BCUT2D eigenvalue weighted by Crippen LogP contribution is -2.64. The van der Waals surface area contributed by atoms with E-state index in [1.54, 1.807) is 0 Å². The van der Waals surface area contributed by atoms with Gasteiger partial charge < -0.3 is 0 Å². The molecule has 0 aromatic carbocycles. The first-order valence-corrected chi connectivity index (χ1v) is 7.16. The third-order valence-electron chi connectivity index (χ3n) is 4.10. The quantitative estimate of drug-likeness (QED) is 0.731. The van der Waals surface area contributed by atoms with Gasteiger partial charge in [0.05, 0.1) is 0 Å². The second kappa shape index (κ2) is 5.27. The van der Waals surface area contributed by atoms with E-state index in [4.69, 9.17) is 0 Å². The average molecular weight is 240 g/mol. The minimum absolute atomic E-state index is 0.353. The van der Waals surface area contributed by atoms with Gasteiger partial charge in [0.25, 0.3) is 0 Å². The molecule has 0 aromatic heterocycles. The molecule has 1 rings (SSSR count). The Labute approximate surface area is 108 Å². The van der Waals surface area contributed by atoms with E-state index in [0.29, 0.717) is 29.6 Å². The maximum Gasteiger partial charge on any atom is 0.0277 e. The van der Waals surface area contributed by atoms with Gasteiger partial charge in [-0.2, -0.15) is 0 Å². The normalized spacial score (nSPS) is 29.3. The summed E-state index contributed by atoms with van der Waals surface area (Å²) in [4.78, 5) is 5.36. The van der Waals surface area contributed by atoms with Gasteiger partial charge in [-0.1, -0.05) is 20.8 Å². The van der Waals surface area contributed by atoms with Crippen LogP contribution in [0.5, 0.6) is 0 Å². The topological polar surface area (TPSA) is 6.48 Å².